The lowest BCUT2D eigenvalue weighted by atomic mass is 10.00. The Balaban J connectivity index is 1.95. The van der Waals surface area contributed by atoms with Crippen LogP contribution in [-0.4, -0.2) is 11.9 Å². The number of rotatable bonds is 2. The van der Waals surface area contributed by atoms with E-state index in [0.717, 1.165) is 28.9 Å². The van der Waals surface area contributed by atoms with E-state index in [1.807, 2.05) is 55.5 Å². The van der Waals surface area contributed by atoms with E-state index in [1.165, 1.54) is 0 Å². The molecule has 0 aromatic heterocycles. The maximum atomic E-state index is 12.3. The number of hydrogen-bond donors (Lipinski definition) is 0. The highest BCUT2D eigenvalue weighted by Crippen LogP contribution is 2.29. The van der Waals surface area contributed by atoms with Crippen molar-refractivity contribution in [2.24, 2.45) is 0 Å². The van der Waals surface area contributed by atoms with Crippen LogP contribution in [0.1, 0.15) is 28.4 Å². The molecule has 2 aromatic carbocycles. The minimum Gasteiger partial charge on any atom is -0.490 e. The van der Waals surface area contributed by atoms with E-state index >= 15 is 0 Å². The van der Waals surface area contributed by atoms with E-state index in [9.17, 15) is 4.79 Å². The third-order valence-corrected chi connectivity index (χ3v) is 3.19. The van der Waals surface area contributed by atoms with Gasteiger partial charge < -0.3 is 4.74 Å². The van der Waals surface area contributed by atoms with Crippen LogP contribution in [0.5, 0.6) is 5.75 Å². The van der Waals surface area contributed by atoms with Gasteiger partial charge in [0.1, 0.15) is 11.9 Å². The van der Waals surface area contributed by atoms with Gasteiger partial charge in [-0.25, -0.2) is 0 Å². The molecule has 1 aliphatic heterocycles. The summed E-state index contributed by atoms with van der Waals surface area (Å²) in [5.74, 6) is 0.977. The Bertz CT molecular complexity index is 587. The second-order valence-electron chi connectivity index (χ2n) is 4.65. The van der Waals surface area contributed by atoms with Gasteiger partial charge in [0, 0.05) is 17.5 Å². The molecule has 0 fully saturated rings. The Labute approximate surface area is 106 Å². The van der Waals surface area contributed by atoms with E-state index in [4.69, 9.17) is 4.74 Å². The van der Waals surface area contributed by atoms with Crippen LogP contribution >= 0.6 is 0 Å². The summed E-state index contributed by atoms with van der Waals surface area (Å²) in [6, 6.07) is 15.0. The molecule has 0 saturated carbocycles. The molecule has 0 saturated heterocycles. The lowest BCUT2D eigenvalue weighted by Crippen LogP contribution is -2.05. The molecular weight excluding hydrogens is 224 g/mol. The van der Waals surface area contributed by atoms with E-state index in [-0.39, 0.29) is 11.9 Å². The van der Waals surface area contributed by atoms with Gasteiger partial charge in [-0.2, -0.15) is 0 Å². The third kappa shape index (κ3) is 1.90. The molecule has 1 atom stereocenters. The number of ether oxygens (including phenoxy) is 1. The zero-order valence-electron chi connectivity index (χ0n) is 10.2. The Morgan fingerprint density at radius 2 is 1.89 bits per heavy atom. The Kier molecular flexibility index (Phi) is 2.63. The van der Waals surface area contributed by atoms with E-state index in [1.54, 1.807) is 0 Å². The van der Waals surface area contributed by atoms with Crippen LogP contribution in [-0.2, 0) is 6.42 Å². The molecule has 18 heavy (non-hydrogen) atoms. The molecule has 0 spiro atoms. The van der Waals surface area contributed by atoms with Crippen LogP contribution in [0, 0.1) is 0 Å². The summed E-state index contributed by atoms with van der Waals surface area (Å²) in [6.07, 6.45) is 1.09. The standard InChI is InChI=1S/C16H14O2/c1-11-9-14-10-13(7-8-15(14)18-11)16(17)12-5-3-2-4-6-12/h2-8,10-11H,9H2,1H3. The van der Waals surface area contributed by atoms with Gasteiger partial charge in [0.25, 0.3) is 0 Å². The molecule has 90 valence electrons. The average Bonchev–Trinajstić information content (AvgIpc) is 2.78. The summed E-state index contributed by atoms with van der Waals surface area (Å²) in [7, 11) is 0. The normalized spacial score (nSPS) is 17.1. The number of ketones is 1. The fourth-order valence-corrected chi connectivity index (χ4v) is 2.32. The minimum atomic E-state index is 0.0675. The quantitative estimate of drug-likeness (QED) is 0.751. The lowest BCUT2D eigenvalue weighted by molar-refractivity contribution is 0.103. The molecule has 1 heterocycles. The summed E-state index contributed by atoms with van der Waals surface area (Å²) in [5, 5.41) is 0. The van der Waals surface area contributed by atoms with Crippen LogP contribution in [0.3, 0.4) is 0 Å². The van der Waals surface area contributed by atoms with Crippen molar-refractivity contribution in [2.45, 2.75) is 19.4 Å². The third-order valence-electron chi connectivity index (χ3n) is 3.19. The fourth-order valence-electron chi connectivity index (χ4n) is 2.32. The van der Waals surface area contributed by atoms with Crippen molar-refractivity contribution in [3.8, 4) is 5.75 Å². The van der Waals surface area contributed by atoms with E-state index < -0.39 is 0 Å². The van der Waals surface area contributed by atoms with Crippen molar-refractivity contribution in [1.29, 1.82) is 0 Å². The van der Waals surface area contributed by atoms with E-state index in [2.05, 4.69) is 0 Å². The number of hydrogen-bond acceptors (Lipinski definition) is 2. The van der Waals surface area contributed by atoms with Gasteiger partial charge in [-0.15, -0.1) is 0 Å². The topological polar surface area (TPSA) is 26.3 Å². The highest BCUT2D eigenvalue weighted by atomic mass is 16.5. The second-order valence-corrected chi connectivity index (χ2v) is 4.65. The SMILES string of the molecule is CC1Cc2cc(C(=O)c3ccccc3)ccc2O1. The van der Waals surface area contributed by atoms with Crippen LogP contribution in [0.2, 0.25) is 0 Å². The van der Waals surface area contributed by atoms with Crippen molar-refractivity contribution >= 4 is 5.78 Å². The molecule has 1 aliphatic rings. The minimum absolute atomic E-state index is 0.0675. The second kappa shape index (κ2) is 4.30. The molecule has 0 amide bonds. The summed E-state index contributed by atoms with van der Waals surface area (Å²) in [6.45, 7) is 2.04. The van der Waals surface area contributed by atoms with Crippen LogP contribution < -0.4 is 4.74 Å². The highest BCUT2D eigenvalue weighted by Gasteiger charge is 2.20. The zero-order valence-corrected chi connectivity index (χ0v) is 10.2. The zero-order chi connectivity index (χ0) is 12.5. The Morgan fingerprint density at radius 3 is 2.67 bits per heavy atom. The van der Waals surface area contributed by atoms with Crippen molar-refractivity contribution in [3.63, 3.8) is 0 Å². The molecule has 0 bridgehead atoms. The monoisotopic (exact) mass is 238 g/mol. The first-order valence-corrected chi connectivity index (χ1v) is 6.13. The largest absolute Gasteiger partial charge is 0.490 e. The average molecular weight is 238 g/mol. The molecule has 0 aliphatic carbocycles. The summed E-state index contributed by atoms with van der Waals surface area (Å²) < 4.78 is 5.64. The van der Waals surface area contributed by atoms with Gasteiger partial charge in [0.05, 0.1) is 0 Å². The molecule has 2 heteroatoms. The van der Waals surface area contributed by atoms with Crippen LogP contribution in [0.25, 0.3) is 0 Å². The van der Waals surface area contributed by atoms with Gasteiger partial charge in [0.15, 0.2) is 5.78 Å². The van der Waals surface area contributed by atoms with Gasteiger partial charge >= 0.3 is 0 Å². The summed E-state index contributed by atoms with van der Waals surface area (Å²) in [4.78, 5) is 12.3. The van der Waals surface area contributed by atoms with Gasteiger partial charge in [-0.1, -0.05) is 30.3 Å². The van der Waals surface area contributed by atoms with Gasteiger partial charge in [0.2, 0.25) is 0 Å². The number of carbonyl (C=O) groups excluding carboxylic acids is 1. The van der Waals surface area contributed by atoms with Crippen molar-refractivity contribution in [3.05, 3.63) is 65.2 Å². The maximum absolute atomic E-state index is 12.3. The first kappa shape index (κ1) is 11.0. The molecule has 3 rings (SSSR count). The lowest BCUT2D eigenvalue weighted by Gasteiger charge is -2.04. The first-order chi connectivity index (χ1) is 8.74. The summed E-state index contributed by atoms with van der Waals surface area (Å²) >= 11 is 0. The maximum Gasteiger partial charge on any atom is 0.193 e. The molecular formula is C16H14O2. The molecule has 0 radical (unpaired) electrons. The predicted octanol–water partition coefficient (Wildman–Crippen LogP) is 3.24. The first-order valence-electron chi connectivity index (χ1n) is 6.13. The molecule has 0 N–H and O–H groups in total. The number of carbonyl (C=O) groups is 1. The highest BCUT2D eigenvalue weighted by molar-refractivity contribution is 6.09. The number of fused-ring (bicyclic) bond motifs is 1. The van der Waals surface area contributed by atoms with Crippen molar-refractivity contribution in [2.75, 3.05) is 0 Å². The molecule has 2 nitrogen and oxygen atoms in total. The Hall–Kier alpha value is -2.09. The van der Waals surface area contributed by atoms with Gasteiger partial charge in [-0.3, -0.25) is 4.79 Å². The smallest absolute Gasteiger partial charge is 0.193 e. The van der Waals surface area contributed by atoms with Crippen molar-refractivity contribution < 1.29 is 9.53 Å². The number of benzene rings is 2. The summed E-state index contributed by atoms with van der Waals surface area (Å²) in [5.41, 5.74) is 2.59. The van der Waals surface area contributed by atoms with Crippen LogP contribution in [0.15, 0.2) is 48.5 Å². The molecule has 2 aromatic rings. The Morgan fingerprint density at radius 1 is 1.11 bits per heavy atom. The molecule has 1 unspecified atom stereocenters. The van der Waals surface area contributed by atoms with Crippen molar-refractivity contribution in [1.82, 2.24) is 0 Å². The fraction of sp³-hybridized carbons (Fsp3) is 0.188. The predicted molar refractivity (Wildman–Crippen MR) is 70.1 cm³/mol. The van der Waals surface area contributed by atoms with Gasteiger partial charge in [-0.05, 0) is 30.7 Å². The van der Waals surface area contributed by atoms with E-state index in [0.29, 0.717) is 0 Å². The van der Waals surface area contributed by atoms with Crippen LogP contribution in [0.4, 0.5) is 0 Å².